The van der Waals surface area contributed by atoms with Crippen molar-refractivity contribution in [3.63, 3.8) is 0 Å². The molecule has 0 aliphatic heterocycles. The molecule has 7 nitrogen and oxygen atoms in total. The van der Waals surface area contributed by atoms with Crippen LogP contribution in [0.15, 0.2) is 97.1 Å². The van der Waals surface area contributed by atoms with Crippen molar-refractivity contribution in [3.05, 3.63) is 103 Å². The first-order valence-electron chi connectivity index (χ1n) is 13.6. The molecule has 1 aliphatic carbocycles. The van der Waals surface area contributed by atoms with Crippen LogP contribution in [-0.4, -0.2) is 35.9 Å². The van der Waals surface area contributed by atoms with Gasteiger partial charge in [0.15, 0.2) is 5.60 Å². The molecule has 0 spiro atoms. The largest absolute Gasteiger partial charge is 0.461 e. The highest BCUT2D eigenvalue weighted by Crippen LogP contribution is 2.50. The maximum Gasteiger partial charge on any atom is 0.461 e. The third-order valence-electron chi connectivity index (χ3n) is 6.77. The highest BCUT2D eigenvalue weighted by Gasteiger charge is 2.47. The molecule has 3 aromatic rings. The Labute approximate surface area is 237 Å². The molecule has 0 heterocycles. The van der Waals surface area contributed by atoms with E-state index in [-0.39, 0.29) is 12.5 Å². The standard InChI is InChI=1S/C26H32NO6P.C6H6/c1-3-27(34(30,31-2)33-24-18-11-6-12-19-24)20-13-21-32-25(28)26(29,22-14-7-4-8-15-22)23-16-9-5-10-17-23;1-2-4-6-5-3-1/h4,6-8,11-12,14-15,18-19,23,29H,3,5,9-10,16-17,20H2,1-2H3;1-6H. The number of aliphatic hydroxyl groups is 1. The van der Waals surface area contributed by atoms with Crippen molar-refractivity contribution < 1.29 is 28.3 Å². The minimum absolute atomic E-state index is 0.0189. The lowest BCUT2D eigenvalue weighted by atomic mass is 9.73. The first kappa shape index (κ1) is 31.1. The van der Waals surface area contributed by atoms with Crippen molar-refractivity contribution in [2.24, 2.45) is 5.92 Å². The highest BCUT2D eigenvalue weighted by molar-refractivity contribution is 7.51. The van der Waals surface area contributed by atoms with Crippen molar-refractivity contribution in [3.8, 4) is 17.8 Å². The fraction of sp³-hybridized carbons (Fsp3) is 0.344. The lowest BCUT2D eigenvalue weighted by molar-refractivity contribution is -0.168. The number of para-hydroxylation sites is 1. The van der Waals surface area contributed by atoms with Crippen molar-refractivity contribution in [2.75, 3.05) is 20.2 Å². The first-order chi connectivity index (χ1) is 19.4. The van der Waals surface area contributed by atoms with Gasteiger partial charge in [-0.2, -0.15) is 4.67 Å². The SMILES string of the molecule is CCN(CC#COC(=O)C(O)(c1ccccc1)C1CCCCC1)P(=O)(OC)Oc1ccccc1.c1ccccc1. The summed E-state index contributed by atoms with van der Waals surface area (Å²) < 4.78 is 30.7. The summed E-state index contributed by atoms with van der Waals surface area (Å²) in [7, 11) is -2.35. The van der Waals surface area contributed by atoms with Gasteiger partial charge in [0.25, 0.3) is 0 Å². The van der Waals surface area contributed by atoms with Crippen LogP contribution in [-0.2, 0) is 24.2 Å². The topological polar surface area (TPSA) is 85.3 Å². The quantitative estimate of drug-likeness (QED) is 0.174. The molecule has 3 aromatic carbocycles. The summed E-state index contributed by atoms with van der Waals surface area (Å²) in [5, 5.41) is 11.5. The molecular formula is C32H38NO6P. The number of benzene rings is 3. The highest BCUT2D eigenvalue weighted by atomic mass is 31.2. The summed E-state index contributed by atoms with van der Waals surface area (Å²) in [4.78, 5) is 13.1. The molecule has 2 atom stereocenters. The predicted octanol–water partition coefficient (Wildman–Crippen LogP) is 6.80. The Bertz CT molecular complexity index is 1230. The second-order valence-electron chi connectivity index (χ2n) is 9.33. The van der Waals surface area contributed by atoms with Gasteiger partial charge in [-0.25, -0.2) is 9.36 Å². The van der Waals surface area contributed by atoms with Crippen LogP contribution in [0.3, 0.4) is 0 Å². The Morgan fingerprint density at radius 1 is 0.925 bits per heavy atom. The average Bonchev–Trinajstić information content (AvgIpc) is 3.03. The molecule has 40 heavy (non-hydrogen) atoms. The smallest absolute Gasteiger partial charge is 0.413 e. The number of nitrogens with zero attached hydrogens (tertiary/aromatic N) is 1. The van der Waals surface area contributed by atoms with Crippen LogP contribution >= 0.6 is 7.75 Å². The molecule has 0 aromatic heterocycles. The summed E-state index contributed by atoms with van der Waals surface area (Å²) >= 11 is 0. The Kier molecular flexibility index (Phi) is 12.5. The van der Waals surface area contributed by atoms with Gasteiger partial charge in [0, 0.05) is 19.6 Å². The second kappa shape index (κ2) is 16.0. The molecule has 0 bridgehead atoms. The van der Waals surface area contributed by atoms with E-state index >= 15 is 0 Å². The van der Waals surface area contributed by atoms with E-state index in [4.69, 9.17) is 13.8 Å². The predicted molar refractivity (Wildman–Crippen MR) is 156 cm³/mol. The minimum atomic E-state index is -3.66. The van der Waals surface area contributed by atoms with Crippen LogP contribution in [0.25, 0.3) is 0 Å². The van der Waals surface area contributed by atoms with E-state index in [0.717, 1.165) is 32.1 Å². The fourth-order valence-electron chi connectivity index (χ4n) is 4.60. The van der Waals surface area contributed by atoms with Crippen molar-refractivity contribution >= 4 is 13.7 Å². The maximum absolute atomic E-state index is 13.2. The molecule has 1 aliphatic rings. The molecular weight excluding hydrogens is 525 g/mol. The van der Waals surface area contributed by atoms with Crippen molar-refractivity contribution in [2.45, 2.75) is 44.6 Å². The third-order valence-corrected chi connectivity index (χ3v) is 8.79. The third kappa shape index (κ3) is 8.55. The monoisotopic (exact) mass is 563 g/mol. The zero-order chi connectivity index (χ0) is 28.7. The lowest BCUT2D eigenvalue weighted by Crippen LogP contribution is -2.44. The van der Waals surface area contributed by atoms with Gasteiger partial charge in [-0.15, -0.1) is 0 Å². The van der Waals surface area contributed by atoms with Crippen LogP contribution in [0.1, 0.15) is 44.6 Å². The van der Waals surface area contributed by atoms with Gasteiger partial charge in [-0.3, -0.25) is 4.52 Å². The Morgan fingerprint density at radius 3 is 1.98 bits per heavy atom. The van der Waals surface area contributed by atoms with Gasteiger partial charge in [-0.1, -0.05) is 111 Å². The van der Waals surface area contributed by atoms with Crippen LogP contribution in [0.2, 0.25) is 0 Å². The van der Waals surface area contributed by atoms with Crippen molar-refractivity contribution in [1.82, 2.24) is 4.67 Å². The first-order valence-corrected chi connectivity index (χ1v) is 15.1. The zero-order valence-corrected chi connectivity index (χ0v) is 24.0. The van der Waals surface area contributed by atoms with E-state index in [0.29, 0.717) is 17.9 Å². The van der Waals surface area contributed by atoms with Gasteiger partial charge in [0.2, 0.25) is 0 Å². The summed E-state index contributed by atoms with van der Waals surface area (Å²) in [6.45, 7) is 2.11. The fourth-order valence-corrected chi connectivity index (χ4v) is 6.00. The molecule has 4 rings (SSSR count). The van der Waals surface area contributed by atoms with E-state index in [9.17, 15) is 14.5 Å². The molecule has 2 unspecified atom stereocenters. The second-order valence-corrected chi connectivity index (χ2v) is 11.4. The molecule has 1 fully saturated rings. The number of carbonyl (C=O) groups is 1. The Balaban J connectivity index is 0.000000649. The summed E-state index contributed by atoms with van der Waals surface area (Å²) in [6, 6.07) is 29.6. The summed E-state index contributed by atoms with van der Waals surface area (Å²) in [6.07, 6.45) is 6.88. The van der Waals surface area contributed by atoms with E-state index in [1.165, 1.54) is 11.8 Å². The number of esters is 1. The number of hydrogen-bond donors (Lipinski definition) is 1. The molecule has 1 N–H and O–H groups in total. The zero-order valence-electron chi connectivity index (χ0n) is 23.1. The number of carbonyl (C=O) groups excluding carboxylic acids is 1. The van der Waals surface area contributed by atoms with Crippen molar-refractivity contribution in [1.29, 1.82) is 0 Å². The van der Waals surface area contributed by atoms with Gasteiger partial charge in [-0.05, 0) is 36.5 Å². The Hall–Kier alpha value is -3.40. The van der Waals surface area contributed by atoms with E-state index in [1.807, 2.05) is 48.5 Å². The molecule has 1 saturated carbocycles. The average molecular weight is 564 g/mol. The van der Waals surface area contributed by atoms with Crippen LogP contribution in [0.4, 0.5) is 0 Å². The summed E-state index contributed by atoms with van der Waals surface area (Å²) in [5.41, 5.74) is -1.26. The van der Waals surface area contributed by atoms with E-state index in [2.05, 4.69) is 12.0 Å². The number of rotatable bonds is 9. The van der Waals surface area contributed by atoms with Crippen LogP contribution < -0.4 is 4.52 Å². The number of hydrogen-bond acceptors (Lipinski definition) is 6. The van der Waals surface area contributed by atoms with Gasteiger partial charge < -0.3 is 14.4 Å². The van der Waals surface area contributed by atoms with E-state index in [1.54, 1.807) is 55.5 Å². The summed E-state index contributed by atoms with van der Waals surface area (Å²) in [5.74, 6) is 2.08. The van der Waals surface area contributed by atoms with Gasteiger partial charge in [0.05, 0.1) is 6.54 Å². The molecule has 0 radical (unpaired) electrons. The van der Waals surface area contributed by atoms with Crippen LogP contribution in [0.5, 0.6) is 5.75 Å². The molecule has 212 valence electrons. The maximum atomic E-state index is 13.2. The molecule has 8 heteroatoms. The molecule has 0 saturated heterocycles. The van der Waals surface area contributed by atoms with E-state index < -0.39 is 19.3 Å². The Morgan fingerprint density at radius 2 is 1.45 bits per heavy atom. The molecule has 0 amide bonds. The number of ether oxygens (including phenoxy) is 1. The van der Waals surface area contributed by atoms with Gasteiger partial charge in [0.1, 0.15) is 11.9 Å². The minimum Gasteiger partial charge on any atom is -0.413 e. The normalized spacial score (nSPS) is 16.2. The van der Waals surface area contributed by atoms with Crippen LogP contribution in [0, 0.1) is 17.9 Å². The van der Waals surface area contributed by atoms with Gasteiger partial charge >= 0.3 is 13.7 Å². The lowest BCUT2D eigenvalue weighted by Gasteiger charge is -2.36.